The van der Waals surface area contributed by atoms with Crippen LogP contribution in [0.5, 0.6) is 11.5 Å². The molecular formula is C22H28NO3+. The fourth-order valence-corrected chi connectivity index (χ4v) is 7.07. The van der Waals surface area contributed by atoms with Crippen LogP contribution in [0.2, 0.25) is 0 Å². The van der Waals surface area contributed by atoms with E-state index in [1.807, 2.05) is 0 Å². The Balaban J connectivity index is 1.60. The minimum atomic E-state index is -0.771. The average Bonchev–Trinajstić information content (AvgIpc) is 3.32. The summed E-state index contributed by atoms with van der Waals surface area (Å²) in [5.74, 6) is 1.66. The highest BCUT2D eigenvalue weighted by Gasteiger charge is 2.75. The molecule has 3 fully saturated rings. The zero-order chi connectivity index (χ0) is 17.9. The molecule has 6 rings (SSSR count). The molecule has 1 saturated heterocycles. The van der Waals surface area contributed by atoms with Gasteiger partial charge in [0.1, 0.15) is 17.7 Å². The van der Waals surface area contributed by atoms with Crippen LogP contribution in [0.4, 0.5) is 0 Å². The van der Waals surface area contributed by atoms with E-state index in [4.69, 9.17) is 4.74 Å². The number of phenols is 1. The van der Waals surface area contributed by atoms with Gasteiger partial charge in [-0.25, -0.2) is 0 Å². The fraction of sp³-hybridized carbons (Fsp3) is 0.636. The standard InChI is InChI=1S/C22H27NO3/c1-13-7-8-22(25)17-11-15-5-6-16(24)19-18(15)21(22,20(13)26-19)9-10-23(17,2)12-14-3-4-14/h5-6,14,17,20,25H,1,3-4,7-12H2,2H3/p+1/t17-,20+,21+,22-,23-/m1/s1. The van der Waals surface area contributed by atoms with Gasteiger partial charge < -0.3 is 19.4 Å². The molecule has 26 heavy (non-hydrogen) atoms. The molecule has 2 N–H and O–H groups in total. The summed E-state index contributed by atoms with van der Waals surface area (Å²) >= 11 is 0. The molecular weight excluding hydrogens is 326 g/mol. The molecule has 0 radical (unpaired) electrons. The first-order chi connectivity index (χ1) is 12.4. The van der Waals surface area contributed by atoms with Crippen LogP contribution in [0, 0.1) is 5.92 Å². The molecule has 2 saturated carbocycles. The molecule has 5 atom stereocenters. The number of piperidine rings is 1. The van der Waals surface area contributed by atoms with Crippen LogP contribution in [0.3, 0.4) is 0 Å². The van der Waals surface area contributed by atoms with Crippen LogP contribution in [0.1, 0.15) is 43.2 Å². The van der Waals surface area contributed by atoms with Gasteiger partial charge in [-0.1, -0.05) is 12.6 Å². The third kappa shape index (κ3) is 1.56. The van der Waals surface area contributed by atoms with Crippen LogP contribution in [-0.2, 0) is 11.8 Å². The van der Waals surface area contributed by atoms with Gasteiger partial charge in [0.25, 0.3) is 0 Å². The highest BCUT2D eigenvalue weighted by atomic mass is 16.5. The van der Waals surface area contributed by atoms with Gasteiger partial charge in [-0.2, -0.15) is 0 Å². The van der Waals surface area contributed by atoms with Crippen LogP contribution in [0.15, 0.2) is 24.3 Å². The summed E-state index contributed by atoms with van der Waals surface area (Å²) in [4.78, 5) is 0. The van der Waals surface area contributed by atoms with Crippen LogP contribution in [-0.4, -0.2) is 52.6 Å². The smallest absolute Gasteiger partial charge is 0.166 e. The molecule has 4 heteroatoms. The van der Waals surface area contributed by atoms with Crippen molar-refractivity contribution in [3.8, 4) is 11.5 Å². The Hall–Kier alpha value is -1.52. The Morgan fingerprint density at radius 1 is 1.31 bits per heavy atom. The van der Waals surface area contributed by atoms with E-state index in [0.29, 0.717) is 5.75 Å². The van der Waals surface area contributed by atoms with Gasteiger partial charge in [-0.15, -0.1) is 0 Å². The van der Waals surface area contributed by atoms with E-state index in [1.165, 1.54) is 24.9 Å². The van der Waals surface area contributed by atoms with Crippen molar-refractivity contribution in [3.05, 3.63) is 35.4 Å². The SMILES string of the molecule is C=C1CC[C@@]2(O)[C@H]3Cc4ccc(O)c5c4[C@@]2(CC[N@+]3(C)CC2CC2)[C@H]1O5. The quantitative estimate of drug-likeness (QED) is 0.634. The lowest BCUT2D eigenvalue weighted by Gasteiger charge is -2.65. The topological polar surface area (TPSA) is 49.7 Å². The first kappa shape index (κ1) is 15.5. The fourth-order valence-electron chi connectivity index (χ4n) is 7.07. The number of ether oxygens (including phenoxy) is 1. The number of likely N-dealkylation sites (tertiary alicyclic amines) is 1. The van der Waals surface area contributed by atoms with E-state index in [2.05, 4.69) is 19.7 Å². The number of aromatic hydroxyl groups is 1. The molecule has 0 amide bonds. The monoisotopic (exact) mass is 354 g/mol. The Morgan fingerprint density at radius 2 is 2.12 bits per heavy atom. The van der Waals surface area contributed by atoms with Gasteiger partial charge in [0, 0.05) is 24.3 Å². The van der Waals surface area contributed by atoms with E-state index >= 15 is 0 Å². The van der Waals surface area contributed by atoms with Gasteiger partial charge in [0.2, 0.25) is 0 Å². The largest absolute Gasteiger partial charge is 0.504 e. The first-order valence-electron chi connectivity index (χ1n) is 10.2. The number of hydrogen-bond donors (Lipinski definition) is 2. The zero-order valence-electron chi connectivity index (χ0n) is 15.5. The van der Waals surface area contributed by atoms with Gasteiger partial charge in [0.15, 0.2) is 11.5 Å². The van der Waals surface area contributed by atoms with E-state index in [-0.39, 0.29) is 17.9 Å². The van der Waals surface area contributed by atoms with Crippen molar-refractivity contribution >= 4 is 0 Å². The van der Waals surface area contributed by atoms with Crippen molar-refractivity contribution in [1.82, 2.24) is 0 Å². The number of nitrogens with zero attached hydrogens (tertiary/aromatic N) is 1. The van der Waals surface area contributed by atoms with Crippen LogP contribution >= 0.6 is 0 Å². The van der Waals surface area contributed by atoms with Crippen molar-refractivity contribution in [3.63, 3.8) is 0 Å². The van der Waals surface area contributed by atoms with Crippen molar-refractivity contribution in [1.29, 1.82) is 0 Å². The number of aliphatic hydroxyl groups is 1. The highest BCUT2D eigenvalue weighted by Crippen LogP contribution is 2.67. The Bertz CT molecular complexity index is 846. The minimum Gasteiger partial charge on any atom is -0.504 e. The molecule has 2 aliphatic heterocycles. The van der Waals surface area contributed by atoms with E-state index in [9.17, 15) is 10.2 Å². The number of rotatable bonds is 2. The zero-order valence-corrected chi connectivity index (χ0v) is 15.5. The maximum Gasteiger partial charge on any atom is 0.166 e. The van der Waals surface area contributed by atoms with E-state index in [0.717, 1.165) is 53.8 Å². The molecule has 4 nitrogen and oxygen atoms in total. The summed E-state index contributed by atoms with van der Waals surface area (Å²) in [7, 11) is 2.37. The van der Waals surface area contributed by atoms with Crippen LogP contribution in [0.25, 0.3) is 0 Å². The van der Waals surface area contributed by atoms with Crippen LogP contribution < -0.4 is 4.74 Å². The summed E-state index contributed by atoms with van der Waals surface area (Å²) in [6, 6.07) is 4.05. The normalized spacial score (nSPS) is 45.2. The van der Waals surface area contributed by atoms with Gasteiger partial charge in [-0.3, -0.25) is 0 Å². The number of hydrogen-bond acceptors (Lipinski definition) is 3. The van der Waals surface area contributed by atoms with Gasteiger partial charge in [-0.05, 0) is 42.9 Å². The molecule has 138 valence electrons. The Kier molecular flexibility index (Phi) is 2.67. The summed E-state index contributed by atoms with van der Waals surface area (Å²) in [6.07, 6.45) is 5.88. The van der Waals surface area contributed by atoms with Crippen molar-refractivity contribution < 1.29 is 19.4 Å². The summed E-state index contributed by atoms with van der Waals surface area (Å²) in [5.41, 5.74) is 2.25. The van der Waals surface area contributed by atoms with Gasteiger partial charge >= 0.3 is 0 Å². The maximum atomic E-state index is 12.3. The first-order valence-corrected chi connectivity index (χ1v) is 10.2. The molecule has 3 aliphatic carbocycles. The predicted octanol–water partition coefficient (Wildman–Crippen LogP) is 2.66. The molecule has 2 bridgehead atoms. The second kappa shape index (κ2) is 4.48. The highest BCUT2D eigenvalue weighted by molar-refractivity contribution is 5.63. The lowest BCUT2D eigenvalue weighted by atomic mass is 9.48. The van der Waals surface area contributed by atoms with Crippen molar-refractivity contribution in [2.45, 2.75) is 61.7 Å². The molecule has 0 unspecified atom stereocenters. The lowest BCUT2D eigenvalue weighted by Crippen LogP contribution is -2.80. The van der Waals surface area contributed by atoms with E-state index < -0.39 is 11.0 Å². The second-order valence-corrected chi connectivity index (χ2v) is 9.80. The summed E-state index contributed by atoms with van der Waals surface area (Å²) in [6.45, 7) is 6.57. The molecule has 0 aromatic heterocycles. The van der Waals surface area contributed by atoms with Gasteiger partial charge in [0.05, 0.1) is 25.6 Å². The van der Waals surface area contributed by atoms with Crippen molar-refractivity contribution in [2.75, 3.05) is 20.1 Å². The minimum absolute atomic E-state index is 0.194. The van der Waals surface area contributed by atoms with E-state index in [1.54, 1.807) is 6.07 Å². The molecule has 5 aliphatic rings. The summed E-state index contributed by atoms with van der Waals surface area (Å²) in [5, 5.41) is 22.7. The second-order valence-electron chi connectivity index (χ2n) is 9.80. The Morgan fingerprint density at radius 3 is 2.88 bits per heavy atom. The molecule has 2 heterocycles. The lowest BCUT2D eigenvalue weighted by molar-refractivity contribution is -0.950. The molecule has 1 aromatic carbocycles. The molecule has 1 spiro atoms. The number of phenolic OH excluding ortho intramolecular Hbond substituents is 1. The van der Waals surface area contributed by atoms with Crippen molar-refractivity contribution in [2.24, 2.45) is 5.92 Å². The molecule has 1 aromatic rings. The number of likely N-dealkylation sites (N-methyl/N-ethyl adjacent to an activating group) is 1. The number of benzene rings is 1. The Labute approximate surface area is 154 Å². The maximum absolute atomic E-state index is 12.3. The average molecular weight is 354 g/mol. The summed E-state index contributed by atoms with van der Waals surface area (Å²) < 4.78 is 7.32. The third-order valence-corrected chi connectivity index (χ3v) is 8.43. The predicted molar refractivity (Wildman–Crippen MR) is 98.3 cm³/mol. The third-order valence-electron chi connectivity index (χ3n) is 8.43. The number of quaternary nitrogens is 1.